The molecule has 0 aliphatic carbocycles. The molecule has 0 atom stereocenters. The molecule has 0 fully saturated rings. The minimum atomic E-state index is -3.32. The van der Waals surface area contributed by atoms with Crippen molar-refractivity contribution >= 4 is 7.60 Å². The van der Waals surface area contributed by atoms with Gasteiger partial charge in [0.05, 0.1) is 19.4 Å². The summed E-state index contributed by atoms with van der Waals surface area (Å²) in [7, 11) is -3.32. The molecule has 0 spiro atoms. The average molecular weight is 364 g/mol. The summed E-state index contributed by atoms with van der Waals surface area (Å²) in [6.45, 7) is 6.15. The van der Waals surface area contributed by atoms with Gasteiger partial charge in [0.15, 0.2) is 0 Å². The first-order chi connectivity index (χ1) is 12.0. The van der Waals surface area contributed by atoms with Crippen molar-refractivity contribution in [2.24, 2.45) is 0 Å². The maximum absolute atomic E-state index is 14.2. The SMILES string of the molecule is CCOP(=O)(Cc1cc(Cc2ccc(CC)cc2)ccc1F)OCC. The van der Waals surface area contributed by atoms with Crippen molar-refractivity contribution in [3.63, 3.8) is 0 Å². The molecule has 0 N–H and O–H groups in total. The third kappa shape index (κ3) is 5.78. The van der Waals surface area contributed by atoms with Crippen LogP contribution in [0.25, 0.3) is 0 Å². The van der Waals surface area contributed by atoms with E-state index in [1.807, 2.05) is 0 Å². The molecular formula is C20H26FO3P. The first kappa shape index (κ1) is 19.8. The summed E-state index contributed by atoms with van der Waals surface area (Å²) in [6.07, 6.45) is 1.65. The average Bonchev–Trinajstić information content (AvgIpc) is 2.59. The minimum Gasteiger partial charge on any atom is -0.309 e. The molecule has 0 saturated heterocycles. The number of hydrogen-bond donors (Lipinski definition) is 0. The second-order valence-corrected chi connectivity index (χ2v) is 7.93. The Balaban J connectivity index is 2.19. The standard InChI is InChI=1S/C20H26FO3P/c1-4-16-7-9-17(10-8-16)13-18-11-12-20(21)19(14-18)15-25(22,23-5-2)24-6-3/h7-12,14H,4-6,13,15H2,1-3H3. The molecule has 5 heteroatoms. The van der Waals surface area contributed by atoms with Crippen LogP contribution in [0.4, 0.5) is 4.39 Å². The maximum atomic E-state index is 14.2. The highest BCUT2D eigenvalue weighted by Gasteiger charge is 2.25. The van der Waals surface area contributed by atoms with Crippen LogP contribution in [0.2, 0.25) is 0 Å². The molecule has 2 aromatic rings. The summed E-state index contributed by atoms with van der Waals surface area (Å²) < 4.78 is 37.4. The topological polar surface area (TPSA) is 35.5 Å². The Bertz CT molecular complexity index is 718. The third-order valence-electron chi connectivity index (χ3n) is 3.97. The molecule has 0 heterocycles. The van der Waals surface area contributed by atoms with Crippen LogP contribution in [0, 0.1) is 5.82 Å². The molecule has 25 heavy (non-hydrogen) atoms. The van der Waals surface area contributed by atoms with Gasteiger partial charge in [-0.15, -0.1) is 0 Å². The van der Waals surface area contributed by atoms with E-state index >= 15 is 0 Å². The molecule has 2 rings (SSSR count). The molecule has 0 unspecified atom stereocenters. The van der Waals surface area contributed by atoms with Crippen molar-refractivity contribution < 1.29 is 18.0 Å². The van der Waals surface area contributed by atoms with Crippen LogP contribution < -0.4 is 0 Å². The number of benzene rings is 2. The van der Waals surface area contributed by atoms with E-state index in [9.17, 15) is 8.96 Å². The van der Waals surface area contributed by atoms with E-state index in [4.69, 9.17) is 9.05 Å². The van der Waals surface area contributed by atoms with Gasteiger partial charge in [-0.05, 0) is 49.4 Å². The van der Waals surface area contributed by atoms with E-state index in [0.717, 1.165) is 17.5 Å². The van der Waals surface area contributed by atoms with E-state index in [1.165, 1.54) is 11.6 Å². The lowest BCUT2D eigenvalue weighted by molar-refractivity contribution is 0.219. The number of rotatable bonds is 9. The zero-order valence-electron chi connectivity index (χ0n) is 15.1. The zero-order chi connectivity index (χ0) is 18.3. The first-order valence-corrected chi connectivity index (χ1v) is 10.5. The van der Waals surface area contributed by atoms with Crippen molar-refractivity contribution in [2.75, 3.05) is 13.2 Å². The highest BCUT2D eigenvalue weighted by molar-refractivity contribution is 7.53. The molecule has 0 amide bonds. The Morgan fingerprint density at radius 3 is 2.00 bits per heavy atom. The van der Waals surface area contributed by atoms with Gasteiger partial charge in [0.1, 0.15) is 5.82 Å². The number of halogens is 1. The maximum Gasteiger partial charge on any atom is 0.335 e. The molecule has 2 aromatic carbocycles. The molecule has 0 aliphatic heterocycles. The van der Waals surface area contributed by atoms with Gasteiger partial charge in [0.2, 0.25) is 0 Å². The highest BCUT2D eigenvalue weighted by atomic mass is 31.2. The second-order valence-electron chi connectivity index (χ2n) is 5.88. The van der Waals surface area contributed by atoms with Gasteiger partial charge in [-0.3, -0.25) is 4.57 Å². The van der Waals surface area contributed by atoms with Gasteiger partial charge >= 0.3 is 7.60 Å². The Morgan fingerprint density at radius 2 is 1.44 bits per heavy atom. The van der Waals surface area contributed by atoms with Crippen molar-refractivity contribution in [1.29, 1.82) is 0 Å². The van der Waals surface area contributed by atoms with Crippen LogP contribution in [0.3, 0.4) is 0 Å². The summed E-state index contributed by atoms with van der Waals surface area (Å²) in [4.78, 5) is 0. The lowest BCUT2D eigenvalue weighted by atomic mass is 10.0. The zero-order valence-corrected chi connectivity index (χ0v) is 16.0. The molecule has 0 aliphatic rings. The predicted octanol–water partition coefficient (Wildman–Crippen LogP) is 5.75. The van der Waals surface area contributed by atoms with Gasteiger partial charge in [-0.2, -0.15) is 0 Å². The summed E-state index contributed by atoms with van der Waals surface area (Å²) in [5.74, 6) is -0.385. The second kappa shape index (κ2) is 9.28. The van der Waals surface area contributed by atoms with Gasteiger partial charge in [-0.1, -0.05) is 43.3 Å². The van der Waals surface area contributed by atoms with E-state index < -0.39 is 7.60 Å². The largest absolute Gasteiger partial charge is 0.335 e. The van der Waals surface area contributed by atoms with Crippen molar-refractivity contribution in [3.8, 4) is 0 Å². The fourth-order valence-electron chi connectivity index (χ4n) is 2.72. The van der Waals surface area contributed by atoms with Crippen LogP contribution in [0.1, 0.15) is 43.0 Å². The quantitative estimate of drug-likeness (QED) is 0.532. The summed E-state index contributed by atoms with van der Waals surface area (Å²) in [5, 5.41) is 0. The monoisotopic (exact) mass is 364 g/mol. The van der Waals surface area contributed by atoms with Gasteiger partial charge in [0, 0.05) is 5.56 Å². The van der Waals surface area contributed by atoms with Crippen LogP contribution in [-0.2, 0) is 32.6 Å². The summed E-state index contributed by atoms with van der Waals surface area (Å²) in [6, 6.07) is 13.3. The molecule has 0 bridgehead atoms. The van der Waals surface area contributed by atoms with E-state index in [-0.39, 0.29) is 25.2 Å². The normalized spacial score (nSPS) is 11.7. The summed E-state index contributed by atoms with van der Waals surface area (Å²) >= 11 is 0. The van der Waals surface area contributed by atoms with E-state index in [1.54, 1.807) is 26.0 Å². The Kier molecular flexibility index (Phi) is 7.37. The fraction of sp³-hybridized carbons (Fsp3) is 0.400. The van der Waals surface area contributed by atoms with Crippen molar-refractivity contribution in [2.45, 2.75) is 39.8 Å². The molecule has 0 saturated carbocycles. The van der Waals surface area contributed by atoms with Gasteiger partial charge in [-0.25, -0.2) is 4.39 Å². The van der Waals surface area contributed by atoms with Crippen LogP contribution in [0.5, 0.6) is 0 Å². The number of aryl methyl sites for hydroxylation is 1. The van der Waals surface area contributed by atoms with E-state index in [0.29, 0.717) is 12.0 Å². The first-order valence-electron chi connectivity index (χ1n) is 8.73. The van der Waals surface area contributed by atoms with Gasteiger partial charge in [0.25, 0.3) is 0 Å². The van der Waals surface area contributed by atoms with Crippen molar-refractivity contribution in [3.05, 3.63) is 70.5 Å². The minimum absolute atomic E-state index is 0.0525. The van der Waals surface area contributed by atoms with Crippen LogP contribution in [0.15, 0.2) is 42.5 Å². The predicted molar refractivity (Wildman–Crippen MR) is 99.6 cm³/mol. The Labute approximate surface area is 149 Å². The Morgan fingerprint density at radius 1 is 0.880 bits per heavy atom. The summed E-state index contributed by atoms with van der Waals surface area (Å²) in [5.41, 5.74) is 3.79. The van der Waals surface area contributed by atoms with Gasteiger partial charge < -0.3 is 9.05 Å². The van der Waals surface area contributed by atoms with Crippen LogP contribution >= 0.6 is 7.60 Å². The van der Waals surface area contributed by atoms with E-state index in [2.05, 4.69) is 31.2 Å². The molecule has 3 nitrogen and oxygen atoms in total. The fourth-order valence-corrected chi connectivity index (χ4v) is 4.42. The highest BCUT2D eigenvalue weighted by Crippen LogP contribution is 2.51. The molecular weight excluding hydrogens is 338 g/mol. The smallest absolute Gasteiger partial charge is 0.309 e. The molecule has 0 radical (unpaired) electrons. The molecule has 0 aromatic heterocycles. The lowest BCUT2D eigenvalue weighted by Gasteiger charge is -2.17. The molecule has 136 valence electrons. The van der Waals surface area contributed by atoms with Crippen LogP contribution in [-0.4, -0.2) is 13.2 Å². The lowest BCUT2D eigenvalue weighted by Crippen LogP contribution is -2.02. The third-order valence-corrected chi connectivity index (χ3v) is 6.00. The Hall–Kier alpha value is -1.48. The number of hydrogen-bond acceptors (Lipinski definition) is 3. The van der Waals surface area contributed by atoms with Crippen molar-refractivity contribution in [1.82, 2.24) is 0 Å².